The summed E-state index contributed by atoms with van der Waals surface area (Å²) in [6, 6.07) is 8.44. The fourth-order valence-electron chi connectivity index (χ4n) is 2.09. The first-order valence-corrected chi connectivity index (χ1v) is 7.01. The predicted octanol–water partition coefficient (Wildman–Crippen LogP) is 3.74. The van der Waals surface area contributed by atoms with Gasteiger partial charge in [-0.15, -0.1) is 11.8 Å². The first-order valence-electron chi connectivity index (χ1n) is 5.96. The van der Waals surface area contributed by atoms with Gasteiger partial charge in [0.25, 0.3) is 0 Å². The van der Waals surface area contributed by atoms with Crippen molar-refractivity contribution in [2.45, 2.75) is 43.6 Å². The average Bonchev–Trinajstić information content (AvgIpc) is 2.30. The van der Waals surface area contributed by atoms with Crippen molar-refractivity contribution < 1.29 is 4.79 Å². The molecule has 16 heavy (non-hydrogen) atoms. The highest BCUT2D eigenvalue weighted by molar-refractivity contribution is 7.99. The van der Waals surface area contributed by atoms with Gasteiger partial charge in [-0.3, -0.25) is 4.79 Å². The van der Waals surface area contributed by atoms with Crippen molar-refractivity contribution in [2.24, 2.45) is 0 Å². The summed E-state index contributed by atoms with van der Waals surface area (Å²) in [5.74, 6) is 1.44. The Hall–Kier alpha value is -0.760. The van der Waals surface area contributed by atoms with Gasteiger partial charge < -0.3 is 0 Å². The number of benzene rings is 1. The first-order chi connectivity index (χ1) is 7.77. The Balaban J connectivity index is 1.92. The highest BCUT2D eigenvalue weighted by Crippen LogP contribution is 2.28. The molecule has 1 fully saturated rings. The van der Waals surface area contributed by atoms with Gasteiger partial charge in [0.2, 0.25) is 0 Å². The van der Waals surface area contributed by atoms with Gasteiger partial charge >= 0.3 is 0 Å². The van der Waals surface area contributed by atoms with E-state index in [0.717, 1.165) is 25.0 Å². The van der Waals surface area contributed by atoms with Crippen LogP contribution in [0.1, 0.15) is 36.8 Å². The first kappa shape index (κ1) is 11.7. The molecule has 2 heteroatoms. The number of hydrogen-bond donors (Lipinski definition) is 0. The summed E-state index contributed by atoms with van der Waals surface area (Å²) in [6.07, 6.45) is 4.19. The monoisotopic (exact) mass is 234 g/mol. The Morgan fingerprint density at radius 1 is 1.31 bits per heavy atom. The van der Waals surface area contributed by atoms with Crippen LogP contribution in [0.25, 0.3) is 0 Å². The zero-order chi connectivity index (χ0) is 11.4. The molecular formula is C14H18OS. The van der Waals surface area contributed by atoms with Crippen molar-refractivity contribution in [1.82, 2.24) is 0 Å². The molecule has 0 saturated heterocycles. The molecule has 1 atom stereocenters. The molecule has 1 aromatic rings. The van der Waals surface area contributed by atoms with Crippen LogP contribution in [0, 0.1) is 6.92 Å². The summed E-state index contributed by atoms with van der Waals surface area (Å²) in [4.78, 5) is 11.7. The molecule has 1 nitrogen and oxygen atoms in total. The van der Waals surface area contributed by atoms with E-state index in [2.05, 4.69) is 31.2 Å². The number of rotatable bonds is 3. The lowest BCUT2D eigenvalue weighted by molar-refractivity contribution is -0.119. The van der Waals surface area contributed by atoms with Crippen LogP contribution in [-0.2, 0) is 10.5 Å². The molecule has 1 aliphatic rings. The normalized spacial score (nSPS) is 21.1. The van der Waals surface area contributed by atoms with Crippen molar-refractivity contribution in [1.29, 1.82) is 0 Å². The maximum Gasteiger partial charge on any atom is 0.145 e. The molecule has 2 rings (SSSR count). The van der Waals surface area contributed by atoms with Crippen LogP contribution < -0.4 is 0 Å². The number of Topliss-reactive ketones (excluding diaryl/α,β-unsaturated/α-hetero) is 1. The quantitative estimate of drug-likeness (QED) is 0.792. The number of aryl methyl sites for hydroxylation is 1. The second kappa shape index (κ2) is 5.53. The number of carbonyl (C=O) groups is 1. The van der Waals surface area contributed by atoms with Gasteiger partial charge in [-0.1, -0.05) is 30.7 Å². The summed E-state index contributed by atoms with van der Waals surface area (Å²) in [7, 11) is 0. The van der Waals surface area contributed by atoms with E-state index in [-0.39, 0.29) is 5.25 Å². The molecule has 0 N–H and O–H groups in total. The SMILES string of the molecule is Cc1ccccc1CSC1CCCCC1=O. The summed E-state index contributed by atoms with van der Waals surface area (Å²) in [5.41, 5.74) is 2.70. The zero-order valence-electron chi connectivity index (χ0n) is 9.74. The van der Waals surface area contributed by atoms with Crippen molar-refractivity contribution in [3.05, 3.63) is 35.4 Å². The highest BCUT2D eigenvalue weighted by atomic mass is 32.2. The third kappa shape index (κ3) is 2.88. The van der Waals surface area contributed by atoms with Crippen LogP contribution in [0.5, 0.6) is 0 Å². The minimum Gasteiger partial charge on any atom is -0.298 e. The van der Waals surface area contributed by atoms with E-state index in [1.54, 1.807) is 0 Å². The maximum absolute atomic E-state index is 11.7. The third-order valence-electron chi connectivity index (χ3n) is 3.20. The second-order valence-corrected chi connectivity index (χ2v) is 5.63. The van der Waals surface area contributed by atoms with Gasteiger partial charge in [-0.05, 0) is 30.9 Å². The lowest BCUT2D eigenvalue weighted by atomic mass is 9.99. The van der Waals surface area contributed by atoms with Crippen LogP contribution in [0.4, 0.5) is 0 Å². The number of ketones is 1. The summed E-state index contributed by atoms with van der Waals surface area (Å²) >= 11 is 1.82. The van der Waals surface area contributed by atoms with Gasteiger partial charge in [-0.2, -0.15) is 0 Å². The van der Waals surface area contributed by atoms with Crippen LogP contribution >= 0.6 is 11.8 Å². The predicted molar refractivity (Wildman–Crippen MR) is 69.7 cm³/mol. The molecule has 86 valence electrons. The van der Waals surface area contributed by atoms with Crippen LogP contribution in [0.2, 0.25) is 0 Å². The molecule has 0 heterocycles. The van der Waals surface area contributed by atoms with Crippen molar-refractivity contribution >= 4 is 17.5 Å². The Morgan fingerprint density at radius 2 is 2.12 bits per heavy atom. The summed E-state index contributed by atoms with van der Waals surface area (Å²) in [5, 5.41) is 0.258. The van der Waals surface area contributed by atoms with Crippen LogP contribution in [0.15, 0.2) is 24.3 Å². The van der Waals surface area contributed by atoms with Crippen molar-refractivity contribution in [3.63, 3.8) is 0 Å². The van der Waals surface area contributed by atoms with E-state index in [0.29, 0.717) is 5.78 Å². The van der Waals surface area contributed by atoms with Crippen LogP contribution in [-0.4, -0.2) is 11.0 Å². The largest absolute Gasteiger partial charge is 0.298 e. The standard InChI is InChI=1S/C14H18OS/c1-11-6-2-3-7-12(11)10-16-14-9-5-4-8-13(14)15/h2-3,6-7,14H,4-5,8-10H2,1H3. The maximum atomic E-state index is 11.7. The van der Waals surface area contributed by atoms with Crippen LogP contribution in [0.3, 0.4) is 0 Å². The Morgan fingerprint density at radius 3 is 2.88 bits per heavy atom. The van der Waals surface area contributed by atoms with Crippen molar-refractivity contribution in [3.8, 4) is 0 Å². The molecule has 0 amide bonds. The average molecular weight is 234 g/mol. The summed E-state index contributed by atoms with van der Waals surface area (Å²) < 4.78 is 0. The Labute approximate surface area is 102 Å². The fourth-order valence-corrected chi connectivity index (χ4v) is 3.43. The van der Waals surface area contributed by atoms with Gasteiger partial charge in [0.15, 0.2) is 0 Å². The van der Waals surface area contributed by atoms with Gasteiger partial charge in [0.1, 0.15) is 5.78 Å². The molecule has 1 aromatic carbocycles. The third-order valence-corrected chi connectivity index (χ3v) is 4.58. The van der Waals surface area contributed by atoms with Gasteiger partial charge in [0, 0.05) is 12.2 Å². The zero-order valence-corrected chi connectivity index (χ0v) is 10.6. The Bertz CT molecular complexity index is 373. The second-order valence-electron chi connectivity index (χ2n) is 4.44. The molecule has 0 bridgehead atoms. The molecule has 1 saturated carbocycles. The fraction of sp³-hybridized carbons (Fsp3) is 0.500. The minimum absolute atomic E-state index is 0.258. The lowest BCUT2D eigenvalue weighted by Crippen LogP contribution is -2.21. The molecule has 0 aliphatic heterocycles. The van der Waals surface area contributed by atoms with E-state index in [1.807, 2.05) is 11.8 Å². The van der Waals surface area contributed by atoms with Gasteiger partial charge in [-0.25, -0.2) is 0 Å². The molecule has 1 aliphatic carbocycles. The number of thioether (sulfide) groups is 1. The molecular weight excluding hydrogens is 216 g/mol. The molecule has 1 unspecified atom stereocenters. The Kier molecular flexibility index (Phi) is 4.05. The molecule has 0 radical (unpaired) electrons. The van der Waals surface area contributed by atoms with E-state index in [4.69, 9.17) is 0 Å². The number of hydrogen-bond acceptors (Lipinski definition) is 2. The van der Waals surface area contributed by atoms with E-state index >= 15 is 0 Å². The molecule has 0 aromatic heterocycles. The van der Waals surface area contributed by atoms with E-state index in [9.17, 15) is 4.79 Å². The lowest BCUT2D eigenvalue weighted by Gasteiger charge is -2.20. The van der Waals surface area contributed by atoms with Gasteiger partial charge in [0.05, 0.1) is 5.25 Å². The topological polar surface area (TPSA) is 17.1 Å². The van der Waals surface area contributed by atoms with E-state index < -0.39 is 0 Å². The highest BCUT2D eigenvalue weighted by Gasteiger charge is 2.22. The van der Waals surface area contributed by atoms with Crippen molar-refractivity contribution in [2.75, 3.05) is 0 Å². The smallest absolute Gasteiger partial charge is 0.145 e. The molecule has 0 spiro atoms. The van der Waals surface area contributed by atoms with E-state index in [1.165, 1.54) is 17.5 Å². The summed E-state index contributed by atoms with van der Waals surface area (Å²) in [6.45, 7) is 2.14. The number of carbonyl (C=O) groups excluding carboxylic acids is 1. The minimum atomic E-state index is 0.258.